The second kappa shape index (κ2) is 6.42. The molecule has 0 saturated carbocycles. The lowest BCUT2D eigenvalue weighted by atomic mass is 10.1. The zero-order valence-corrected chi connectivity index (χ0v) is 11.9. The van der Waals surface area contributed by atoms with E-state index >= 15 is 0 Å². The van der Waals surface area contributed by atoms with Gasteiger partial charge in [0.15, 0.2) is 6.29 Å². The van der Waals surface area contributed by atoms with Crippen molar-refractivity contribution in [1.29, 1.82) is 0 Å². The molecule has 0 amide bonds. The molecule has 0 fully saturated rings. The van der Waals surface area contributed by atoms with Crippen molar-refractivity contribution in [3.05, 3.63) is 26.8 Å². The molecular weight excluding hydrogens is 319 g/mol. The van der Waals surface area contributed by atoms with Crippen LogP contribution in [0.15, 0.2) is 12.1 Å². The summed E-state index contributed by atoms with van der Waals surface area (Å²) >= 11 is 2.21. The van der Waals surface area contributed by atoms with E-state index in [1.54, 1.807) is 0 Å². The molecule has 4 heteroatoms. The molecule has 0 aromatic heterocycles. The van der Waals surface area contributed by atoms with Gasteiger partial charge in [-0.25, -0.2) is 0 Å². The molecule has 1 aromatic rings. The number of aryl methyl sites for hydroxylation is 1. The number of ether oxygens (including phenoxy) is 2. The maximum Gasteiger partial charge on any atom is 0.197 e. The molecule has 0 aliphatic carbocycles. The molecule has 0 aliphatic heterocycles. The predicted molar refractivity (Wildman–Crippen MR) is 71.5 cm³/mol. The molecule has 0 heterocycles. The maximum absolute atomic E-state index is 9.07. The van der Waals surface area contributed by atoms with Crippen LogP contribution in [0.1, 0.15) is 25.0 Å². The van der Waals surface area contributed by atoms with Crippen molar-refractivity contribution in [2.24, 2.45) is 0 Å². The van der Waals surface area contributed by atoms with E-state index < -0.39 is 0 Å². The minimum absolute atomic E-state index is 0.0537. The van der Waals surface area contributed by atoms with Gasteiger partial charge in [-0.2, -0.15) is 0 Å². The summed E-state index contributed by atoms with van der Waals surface area (Å²) in [6.45, 7) is 6.46. The number of hydrogen-bond donors (Lipinski definition) is 1. The molecule has 0 aliphatic rings. The second-order valence-corrected chi connectivity index (χ2v) is 4.68. The summed E-state index contributed by atoms with van der Waals surface area (Å²) in [5.41, 5.74) is 1.92. The Hall–Kier alpha value is -0.330. The van der Waals surface area contributed by atoms with Crippen LogP contribution < -0.4 is 4.74 Å². The van der Waals surface area contributed by atoms with Crippen molar-refractivity contribution in [2.75, 3.05) is 6.61 Å². The second-order valence-electron chi connectivity index (χ2n) is 3.52. The van der Waals surface area contributed by atoms with Gasteiger partial charge in [-0.15, -0.1) is 0 Å². The van der Waals surface area contributed by atoms with E-state index in [0.717, 1.165) is 20.4 Å². The van der Waals surface area contributed by atoms with Gasteiger partial charge in [-0.05, 0) is 60.6 Å². The zero-order chi connectivity index (χ0) is 12.1. The van der Waals surface area contributed by atoms with Crippen molar-refractivity contribution >= 4 is 22.6 Å². The molecule has 1 rings (SSSR count). The Bertz CT molecular complexity index is 329. The van der Waals surface area contributed by atoms with Gasteiger partial charge >= 0.3 is 0 Å². The van der Waals surface area contributed by atoms with Crippen LogP contribution in [0.25, 0.3) is 0 Å². The summed E-state index contributed by atoms with van der Waals surface area (Å²) in [5.74, 6) is 0.832. The van der Waals surface area contributed by atoms with Crippen LogP contribution in [-0.4, -0.2) is 18.0 Å². The van der Waals surface area contributed by atoms with E-state index in [1.165, 1.54) is 0 Å². The quantitative estimate of drug-likeness (QED) is 0.664. The Morgan fingerprint density at radius 3 is 2.62 bits per heavy atom. The minimum Gasteiger partial charge on any atom is -0.464 e. The third-order valence-corrected chi connectivity index (χ3v) is 2.96. The van der Waals surface area contributed by atoms with Crippen LogP contribution in [0.2, 0.25) is 0 Å². The standard InChI is InChI=1S/C12H17IO3/c1-4-15-9(3)16-12-8(2)5-10(7-14)6-11(12)13/h5-6,9,14H,4,7H2,1-3H3. The predicted octanol–water partition coefficient (Wildman–Crippen LogP) is 2.85. The Morgan fingerprint density at radius 2 is 2.12 bits per heavy atom. The minimum atomic E-state index is -0.253. The van der Waals surface area contributed by atoms with Gasteiger partial charge < -0.3 is 14.6 Å². The third kappa shape index (κ3) is 3.61. The number of aliphatic hydroxyl groups excluding tert-OH is 1. The monoisotopic (exact) mass is 336 g/mol. The average Bonchev–Trinajstić information content (AvgIpc) is 2.23. The average molecular weight is 336 g/mol. The van der Waals surface area contributed by atoms with Crippen LogP contribution in [0.3, 0.4) is 0 Å². The number of aliphatic hydroxyl groups is 1. The fourth-order valence-electron chi connectivity index (χ4n) is 1.48. The molecule has 0 radical (unpaired) electrons. The first-order chi connectivity index (χ1) is 7.58. The Kier molecular flexibility index (Phi) is 5.51. The fraction of sp³-hybridized carbons (Fsp3) is 0.500. The third-order valence-electron chi connectivity index (χ3n) is 2.16. The van der Waals surface area contributed by atoms with Crippen molar-refractivity contribution in [1.82, 2.24) is 0 Å². The van der Waals surface area contributed by atoms with Crippen LogP contribution in [-0.2, 0) is 11.3 Å². The highest BCUT2D eigenvalue weighted by Gasteiger charge is 2.11. The molecular formula is C12H17IO3. The van der Waals surface area contributed by atoms with E-state index in [4.69, 9.17) is 14.6 Å². The smallest absolute Gasteiger partial charge is 0.197 e. The number of benzene rings is 1. The lowest BCUT2D eigenvalue weighted by Crippen LogP contribution is -2.17. The summed E-state index contributed by atoms with van der Waals surface area (Å²) in [6, 6.07) is 3.84. The maximum atomic E-state index is 9.07. The van der Waals surface area contributed by atoms with Gasteiger partial charge in [0, 0.05) is 6.61 Å². The highest BCUT2D eigenvalue weighted by atomic mass is 127. The molecule has 3 nitrogen and oxygen atoms in total. The van der Waals surface area contributed by atoms with Gasteiger partial charge in [-0.3, -0.25) is 0 Å². The van der Waals surface area contributed by atoms with E-state index in [-0.39, 0.29) is 12.9 Å². The molecule has 1 atom stereocenters. The van der Waals surface area contributed by atoms with Crippen molar-refractivity contribution in [3.63, 3.8) is 0 Å². The summed E-state index contributed by atoms with van der Waals surface area (Å²) in [4.78, 5) is 0. The van der Waals surface area contributed by atoms with Crippen molar-refractivity contribution < 1.29 is 14.6 Å². The van der Waals surface area contributed by atoms with Crippen LogP contribution in [0, 0.1) is 10.5 Å². The van der Waals surface area contributed by atoms with Crippen LogP contribution >= 0.6 is 22.6 Å². The first kappa shape index (κ1) is 13.7. The molecule has 0 saturated heterocycles. The Morgan fingerprint density at radius 1 is 1.44 bits per heavy atom. The first-order valence-corrected chi connectivity index (χ1v) is 6.34. The summed E-state index contributed by atoms with van der Waals surface area (Å²) in [6.07, 6.45) is -0.253. The zero-order valence-electron chi connectivity index (χ0n) is 9.79. The summed E-state index contributed by atoms with van der Waals surface area (Å²) in [5, 5.41) is 9.07. The molecule has 0 bridgehead atoms. The van der Waals surface area contributed by atoms with Crippen LogP contribution in [0.5, 0.6) is 5.75 Å². The van der Waals surface area contributed by atoms with Gasteiger partial charge in [0.25, 0.3) is 0 Å². The number of hydrogen-bond acceptors (Lipinski definition) is 3. The highest BCUT2D eigenvalue weighted by Crippen LogP contribution is 2.28. The van der Waals surface area contributed by atoms with E-state index in [0.29, 0.717) is 6.61 Å². The molecule has 16 heavy (non-hydrogen) atoms. The molecule has 1 aromatic carbocycles. The van der Waals surface area contributed by atoms with Gasteiger partial charge in [0.05, 0.1) is 10.2 Å². The topological polar surface area (TPSA) is 38.7 Å². The summed E-state index contributed by atoms with van der Waals surface area (Å²) in [7, 11) is 0. The molecule has 1 N–H and O–H groups in total. The first-order valence-electron chi connectivity index (χ1n) is 5.26. The SMILES string of the molecule is CCOC(C)Oc1c(C)cc(CO)cc1I. The highest BCUT2D eigenvalue weighted by molar-refractivity contribution is 14.1. The van der Waals surface area contributed by atoms with E-state index in [1.807, 2.05) is 32.9 Å². The largest absolute Gasteiger partial charge is 0.464 e. The lowest BCUT2D eigenvalue weighted by Gasteiger charge is -2.18. The Balaban J connectivity index is 2.87. The van der Waals surface area contributed by atoms with E-state index in [2.05, 4.69) is 22.6 Å². The van der Waals surface area contributed by atoms with Crippen molar-refractivity contribution in [2.45, 2.75) is 33.7 Å². The van der Waals surface area contributed by atoms with Gasteiger partial charge in [-0.1, -0.05) is 6.07 Å². The normalized spacial score (nSPS) is 12.6. The Labute approximate surface area is 110 Å². The molecule has 0 spiro atoms. The van der Waals surface area contributed by atoms with Crippen molar-refractivity contribution in [3.8, 4) is 5.75 Å². The van der Waals surface area contributed by atoms with E-state index in [9.17, 15) is 0 Å². The molecule has 90 valence electrons. The lowest BCUT2D eigenvalue weighted by molar-refractivity contribution is -0.0621. The summed E-state index contributed by atoms with van der Waals surface area (Å²) < 4.78 is 12.0. The number of rotatable bonds is 5. The van der Waals surface area contributed by atoms with Crippen LogP contribution in [0.4, 0.5) is 0 Å². The van der Waals surface area contributed by atoms with Gasteiger partial charge in [0.1, 0.15) is 5.75 Å². The molecule has 1 unspecified atom stereocenters. The van der Waals surface area contributed by atoms with Gasteiger partial charge in [0.2, 0.25) is 0 Å². The number of halogens is 1. The fourth-order valence-corrected chi connectivity index (χ4v) is 2.43.